The molecule has 1 heterocycles. The minimum absolute atomic E-state index is 0.0629. The summed E-state index contributed by atoms with van der Waals surface area (Å²) in [4.78, 5) is 30.1. The molecule has 1 amide bonds. The van der Waals surface area contributed by atoms with Crippen molar-refractivity contribution in [2.75, 3.05) is 10.2 Å². The molecule has 188 valence electrons. The van der Waals surface area contributed by atoms with Crippen LogP contribution in [0, 0.1) is 6.92 Å². The zero-order valence-electron chi connectivity index (χ0n) is 21.0. The lowest BCUT2D eigenvalue weighted by Crippen LogP contribution is -2.38. The van der Waals surface area contributed by atoms with E-state index in [1.807, 2.05) is 78.9 Å². The number of amides is 1. The predicted molar refractivity (Wildman–Crippen MR) is 155 cm³/mol. The molecule has 6 rings (SSSR count). The third-order valence-electron chi connectivity index (χ3n) is 7.44. The topological polar surface area (TPSA) is 49.4 Å². The van der Waals surface area contributed by atoms with Gasteiger partial charge in [-0.05, 0) is 66.8 Å². The number of anilines is 2. The number of para-hydroxylation sites is 2. The van der Waals surface area contributed by atoms with Crippen molar-refractivity contribution in [3.8, 4) is 0 Å². The Morgan fingerprint density at radius 1 is 0.842 bits per heavy atom. The highest BCUT2D eigenvalue weighted by atomic mass is 79.9. The largest absolute Gasteiger partial charge is 0.357 e. The van der Waals surface area contributed by atoms with Gasteiger partial charge >= 0.3 is 0 Å². The van der Waals surface area contributed by atoms with Crippen LogP contribution in [0.2, 0.25) is 0 Å². The highest BCUT2D eigenvalue weighted by Crippen LogP contribution is 2.48. The van der Waals surface area contributed by atoms with Gasteiger partial charge in [-0.2, -0.15) is 0 Å². The summed E-state index contributed by atoms with van der Waals surface area (Å²) >= 11 is 3.61. The van der Waals surface area contributed by atoms with Gasteiger partial charge < -0.3 is 5.32 Å². The number of nitrogens with zero attached hydrogens (tertiary/aromatic N) is 1. The molecule has 0 spiro atoms. The lowest BCUT2D eigenvalue weighted by Gasteiger charge is -2.35. The van der Waals surface area contributed by atoms with Crippen molar-refractivity contribution in [3.05, 3.63) is 141 Å². The lowest BCUT2D eigenvalue weighted by molar-refractivity contribution is -0.116. The Balaban J connectivity index is 1.56. The van der Waals surface area contributed by atoms with Crippen LogP contribution in [-0.2, 0) is 4.79 Å². The second kappa shape index (κ2) is 10.1. The summed E-state index contributed by atoms with van der Waals surface area (Å²) in [6, 6.07) is 32.9. The molecule has 0 unspecified atom stereocenters. The Morgan fingerprint density at radius 2 is 1.58 bits per heavy atom. The number of carbonyl (C=O) groups is 2. The van der Waals surface area contributed by atoms with E-state index >= 15 is 0 Å². The van der Waals surface area contributed by atoms with E-state index in [-0.39, 0.29) is 17.6 Å². The van der Waals surface area contributed by atoms with E-state index < -0.39 is 6.04 Å². The molecule has 4 aromatic rings. The van der Waals surface area contributed by atoms with Crippen molar-refractivity contribution < 1.29 is 9.59 Å². The number of ketones is 1. The highest BCUT2D eigenvalue weighted by Gasteiger charge is 2.41. The van der Waals surface area contributed by atoms with E-state index in [1.165, 1.54) is 5.56 Å². The predicted octanol–water partition coefficient (Wildman–Crippen LogP) is 7.97. The minimum Gasteiger partial charge on any atom is -0.357 e. The van der Waals surface area contributed by atoms with Crippen LogP contribution < -0.4 is 10.2 Å². The van der Waals surface area contributed by atoms with Crippen LogP contribution in [0.25, 0.3) is 0 Å². The third-order valence-corrected chi connectivity index (χ3v) is 7.93. The maximum absolute atomic E-state index is 14.2. The zero-order chi connectivity index (χ0) is 26.2. The first kappa shape index (κ1) is 24.4. The third kappa shape index (κ3) is 4.48. The first-order chi connectivity index (χ1) is 18.5. The van der Waals surface area contributed by atoms with Crippen molar-refractivity contribution in [1.82, 2.24) is 0 Å². The minimum atomic E-state index is -0.571. The van der Waals surface area contributed by atoms with Crippen LogP contribution in [0.4, 0.5) is 11.4 Å². The quantitative estimate of drug-likeness (QED) is 0.275. The zero-order valence-corrected chi connectivity index (χ0v) is 22.6. The first-order valence-electron chi connectivity index (χ1n) is 12.8. The number of hydrogen-bond acceptors (Lipinski definition) is 3. The Bertz CT molecular complexity index is 1560. The van der Waals surface area contributed by atoms with Crippen LogP contribution >= 0.6 is 15.9 Å². The van der Waals surface area contributed by atoms with Crippen molar-refractivity contribution in [3.63, 3.8) is 0 Å². The Hall–Kier alpha value is -3.96. The summed E-state index contributed by atoms with van der Waals surface area (Å²) in [5, 5.41) is 3.61. The SMILES string of the molecule is Cc1ccc([C@H]2CC(=O)C3=C(C2)Nc2ccccc2N(C(=O)c2ccccc2)[C@@H]3c2cccc(Br)c2)cc1. The number of benzene rings is 4. The van der Waals surface area contributed by atoms with Crippen LogP contribution in [0.15, 0.2) is 119 Å². The van der Waals surface area contributed by atoms with Crippen LogP contribution in [0.3, 0.4) is 0 Å². The molecule has 0 saturated carbocycles. The molecular formula is C33H27BrN2O2. The first-order valence-corrected chi connectivity index (χ1v) is 13.6. The lowest BCUT2D eigenvalue weighted by atomic mass is 9.78. The van der Waals surface area contributed by atoms with Gasteiger partial charge in [0.2, 0.25) is 0 Å². The van der Waals surface area contributed by atoms with E-state index in [1.54, 1.807) is 4.90 Å². The van der Waals surface area contributed by atoms with Gasteiger partial charge in [-0.25, -0.2) is 0 Å². The molecule has 2 atom stereocenters. The maximum atomic E-state index is 14.2. The summed E-state index contributed by atoms with van der Waals surface area (Å²) in [6.45, 7) is 2.07. The average molecular weight is 563 g/mol. The molecule has 0 radical (unpaired) electrons. The number of hydrogen-bond donors (Lipinski definition) is 1. The van der Waals surface area contributed by atoms with Gasteiger partial charge in [-0.3, -0.25) is 14.5 Å². The fraction of sp³-hybridized carbons (Fsp3) is 0.152. The number of halogens is 1. The molecule has 0 saturated heterocycles. The van der Waals surface area contributed by atoms with Crippen molar-refractivity contribution >= 4 is 39.0 Å². The molecule has 1 aliphatic carbocycles. The molecular weight excluding hydrogens is 536 g/mol. The fourth-order valence-electron chi connectivity index (χ4n) is 5.60. The molecule has 5 heteroatoms. The van der Waals surface area contributed by atoms with Crippen LogP contribution in [-0.4, -0.2) is 11.7 Å². The Kier molecular flexibility index (Phi) is 6.46. The number of fused-ring (bicyclic) bond motifs is 1. The van der Waals surface area contributed by atoms with Gasteiger partial charge in [0.05, 0.1) is 17.4 Å². The maximum Gasteiger partial charge on any atom is 0.259 e. The number of nitrogens with one attached hydrogen (secondary N) is 1. The number of rotatable bonds is 3. The summed E-state index contributed by atoms with van der Waals surface area (Å²) in [6.07, 6.45) is 1.09. The smallest absolute Gasteiger partial charge is 0.259 e. The summed E-state index contributed by atoms with van der Waals surface area (Å²) in [7, 11) is 0. The fourth-order valence-corrected chi connectivity index (χ4v) is 6.02. The van der Waals surface area contributed by atoms with Gasteiger partial charge in [-0.15, -0.1) is 0 Å². The van der Waals surface area contributed by atoms with Gasteiger partial charge in [-0.1, -0.05) is 88.2 Å². The van der Waals surface area contributed by atoms with Crippen molar-refractivity contribution in [2.24, 2.45) is 0 Å². The molecule has 0 fully saturated rings. The summed E-state index contributed by atoms with van der Waals surface area (Å²) < 4.78 is 0.899. The summed E-state index contributed by atoms with van der Waals surface area (Å²) in [5.41, 5.74) is 6.93. The number of allylic oxidation sites excluding steroid dienone is 1. The van der Waals surface area contributed by atoms with Crippen LogP contribution in [0.5, 0.6) is 0 Å². The molecule has 4 aromatic carbocycles. The second-order valence-electron chi connectivity index (χ2n) is 9.97. The van der Waals surface area contributed by atoms with E-state index in [2.05, 4.69) is 52.4 Å². The standard InChI is InChI=1S/C33H27BrN2O2/c1-21-14-16-22(17-15-21)25-19-28-31(30(37)20-25)32(24-10-7-11-26(34)18-24)36(29-13-6-5-12-27(29)35-28)33(38)23-8-3-2-4-9-23/h2-18,25,32,35H,19-20H2,1H3/t25-,32-/m1/s1. The van der Waals surface area contributed by atoms with Gasteiger partial charge in [0.1, 0.15) is 0 Å². The molecule has 0 bridgehead atoms. The highest BCUT2D eigenvalue weighted by molar-refractivity contribution is 9.10. The van der Waals surface area contributed by atoms with E-state index in [9.17, 15) is 9.59 Å². The Labute approximate surface area is 231 Å². The van der Waals surface area contributed by atoms with Crippen molar-refractivity contribution in [1.29, 1.82) is 0 Å². The molecule has 38 heavy (non-hydrogen) atoms. The normalized spacial score (nSPS) is 18.8. The molecule has 0 aromatic heterocycles. The van der Waals surface area contributed by atoms with Gasteiger partial charge in [0.25, 0.3) is 5.91 Å². The number of aryl methyl sites for hydroxylation is 1. The molecule has 4 nitrogen and oxygen atoms in total. The number of Topliss-reactive ketones (excluding diaryl/α,β-unsaturated/α-hetero) is 1. The number of carbonyl (C=O) groups excluding carboxylic acids is 2. The monoisotopic (exact) mass is 562 g/mol. The molecule has 1 N–H and O–H groups in total. The molecule has 2 aliphatic rings. The van der Waals surface area contributed by atoms with Crippen LogP contribution in [0.1, 0.15) is 51.8 Å². The Morgan fingerprint density at radius 3 is 2.34 bits per heavy atom. The van der Waals surface area contributed by atoms with Crippen molar-refractivity contribution in [2.45, 2.75) is 31.7 Å². The van der Waals surface area contributed by atoms with E-state index in [4.69, 9.17) is 0 Å². The van der Waals surface area contributed by atoms with Gasteiger partial charge in [0, 0.05) is 27.7 Å². The second-order valence-corrected chi connectivity index (χ2v) is 10.9. The van der Waals surface area contributed by atoms with E-state index in [0.29, 0.717) is 24.0 Å². The summed E-state index contributed by atoms with van der Waals surface area (Å²) in [5.74, 6) is -0.0129. The van der Waals surface area contributed by atoms with Gasteiger partial charge in [0.15, 0.2) is 5.78 Å². The molecule has 1 aliphatic heterocycles. The average Bonchev–Trinajstić information content (AvgIpc) is 3.08. The van der Waals surface area contributed by atoms with E-state index in [0.717, 1.165) is 32.7 Å².